The summed E-state index contributed by atoms with van der Waals surface area (Å²) in [5, 5.41) is 0. The van der Waals surface area contributed by atoms with Gasteiger partial charge < -0.3 is 0 Å². The first-order chi connectivity index (χ1) is 17.9. The third kappa shape index (κ3) is 8.85. The zero-order valence-corrected chi connectivity index (χ0v) is 21.0. The van der Waals surface area contributed by atoms with Crippen LogP contribution in [0.3, 0.4) is 0 Å². The third-order valence-electron chi connectivity index (χ3n) is 4.97. The quantitative estimate of drug-likeness (QED) is 0.249. The summed E-state index contributed by atoms with van der Waals surface area (Å²) in [6.07, 6.45) is 21.6. The first-order valence-electron chi connectivity index (χ1n) is 11.3. The fourth-order valence-electron chi connectivity index (χ4n) is 3.20. The molecule has 0 aliphatic heterocycles. The molecule has 0 atom stereocenters. The second-order valence-corrected chi connectivity index (χ2v) is 7.45. The zero-order chi connectivity index (χ0) is 24.7. The van der Waals surface area contributed by atoms with Crippen LogP contribution in [0, 0.1) is 0 Å². The Morgan fingerprint density at radius 2 is 0.432 bits per heavy atom. The van der Waals surface area contributed by atoms with E-state index in [-0.39, 0.29) is 17.1 Å². The van der Waals surface area contributed by atoms with Crippen molar-refractivity contribution in [3.05, 3.63) is 147 Å². The predicted octanol–water partition coefficient (Wildman–Crippen LogP) is 6.43. The van der Waals surface area contributed by atoms with Crippen molar-refractivity contribution in [3.8, 4) is 33.4 Å². The molecule has 0 spiro atoms. The number of hydrogen-bond donors (Lipinski definition) is 0. The summed E-state index contributed by atoms with van der Waals surface area (Å²) in [5.74, 6) is 0. The number of aromatic nitrogens is 6. The molecule has 37 heavy (non-hydrogen) atoms. The summed E-state index contributed by atoms with van der Waals surface area (Å²) in [5.41, 5.74) is 6.61. The number of pyridine rings is 6. The van der Waals surface area contributed by atoms with Gasteiger partial charge >= 0.3 is 17.1 Å². The van der Waals surface area contributed by atoms with Crippen LogP contribution in [0.15, 0.2) is 147 Å². The molecular weight excluding hydrogens is 500 g/mol. The van der Waals surface area contributed by atoms with Gasteiger partial charge in [-0.3, -0.25) is 29.9 Å². The second kappa shape index (κ2) is 15.4. The molecule has 6 aromatic heterocycles. The van der Waals surface area contributed by atoms with Gasteiger partial charge in [0, 0.05) is 108 Å². The van der Waals surface area contributed by atoms with E-state index in [4.69, 9.17) is 0 Å². The molecule has 180 valence electrons. The van der Waals surface area contributed by atoms with Crippen LogP contribution in [0.5, 0.6) is 0 Å². The van der Waals surface area contributed by atoms with Crippen LogP contribution in [-0.4, -0.2) is 29.9 Å². The molecule has 0 unspecified atom stereocenters. The van der Waals surface area contributed by atoms with E-state index in [2.05, 4.69) is 29.9 Å². The van der Waals surface area contributed by atoms with Crippen molar-refractivity contribution >= 4 is 0 Å². The summed E-state index contributed by atoms with van der Waals surface area (Å²) in [6.45, 7) is 0. The van der Waals surface area contributed by atoms with Crippen molar-refractivity contribution in [3.63, 3.8) is 0 Å². The topological polar surface area (TPSA) is 77.3 Å². The maximum absolute atomic E-state index is 4.03. The Morgan fingerprint density at radius 3 is 0.541 bits per heavy atom. The van der Waals surface area contributed by atoms with Crippen LogP contribution in [0.4, 0.5) is 0 Å². The van der Waals surface area contributed by atoms with Gasteiger partial charge in [-0.2, -0.15) is 0 Å². The standard InChI is InChI=1S/3C10H8N2.Fe/c3*1-3-9(7-11-5-1)10-4-2-6-12-8-10;/h3*1-8H;/q;;;+2. The number of rotatable bonds is 3. The Kier molecular flexibility index (Phi) is 11.3. The smallest absolute Gasteiger partial charge is 0.264 e. The normalized spacial score (nSPS) is 9.41. The third-order valence-corrected chi connectivity index (χ3v) is 4.97. The SMILES string of the molecule is [Fe+2].c1cncc(-c2cccnc2)c1.c1cncc(-c2cccnc2)c1.c1cncc(-c2cccnc2)c1. The molecule has 0 amide bonds. The van der Waals surface area contributed by atoms with Crippen molar-refractivity contribution in [1.29, 1.82) is 0 Å². The molecule has 0 saturated heterocycles. The zero-order valence-electron chi connectivity index (χ0n) is 19.9. The summed E-state index contributed by atoms with van der Waals surface area (Å²) >= 11 is 0. The predicted molar refractivity (Wildman–Crippen MR) is 142 cm³/mol. The Labute approximate surface area is 227 Å². The molecule has 0 radical (unpaired) electrons. The van der Waals surface area contributed by atoms with E-state index in [0.29, 0.717) is 0 Å². The summed E-state index contributed by atoms with van der Waals surface area (Å²) in [6, 6.07) is 23.6. The Morgan fingerprint density at radius 1 is 0.270 bits per heavy atom. The molecule has 0 bridgehead atoms. The first kappa shape index (κ1) is 27.0. The van der Waals surface area contributed by atoms with E-state index in [9.17, 15) is 0 Å². The minimum Gasteiger partial charge on any atom is -0.264 e. The molecule has 0 saturated carbocycles. The van der Waals surface area contributed by atoms with Crippen LogP contribution in [-0.2, 0) is 17.1 Å². The van der Waals surface area contributed by atoms with E-state index < -0.39 is 0 Å². The van der Waals surface area contributed by atoms with Gasteiger partial charge in [0.2, 0.25) is 0 Å². The fraction of sp³-hybridized carbons (Fsp3) is 0. The Hall–Kier alpha value is -4.58. The maximum Gasteiger partial charge on any atom is 2.00 e. The van der Waals surface area contributed by atoms with Gasteiger partial charge in [-0.1, -0.05) is 36.4 Å². The van der Waals surface area contributed by atoms with Gasteiger partial charge in [-0.25, -0.2) is 0 Å². The van der Waals surface area contributed by atoms with Crippen molar-refractivity contribution in [2.45, 2.75) is 0 Å². The van der Waals surface area contributed by atoms with Gasteiger partial charge in [0.25, 0.3) is 0 Å². The van der Waals surface area contributed by atoms with Crippen LogP contribution >= 0.6 is 0 Å². The van der Waals surface area contributed by atoms with Gasteiger partial charge in [0.1, 0.15) is 0 Å². The maximum atomic E-state index is 4.03. The van der Waals surface area contributed by atoms with E-state index in [1.165, 1.54) is 0 Å². The Balaban J connectivity index is 0.000000152. The molecule has 6 heterocycles. The van der Waals surface area contributed by atoms with Gasteiger partial charge in [0.15, 0.2) is 0 Å². The molecule has 6 nitrogen and oxygen atoms in total. The number of hydrogen-bond acceptors (Lipinski definition) is 6. The minimum absolute atomic E-state index is 0. The molecular formula is C30H24FeN6+2. The molecule has 0 aliphatic carbocycles. The van der Waals surface area contributed by atoms with E-state index in [0.717, 1.165) is 33.4 Å². The monoisotopic (exact) mass is 524 g/mol. The first-order valence-corrected chi connectivity index (χ1v) is 11.3. The van der Waals surface area contributed by atoms with E-state index >= 15 is 0 Å². The molecule has 6 aromatic rings. The molecule has 0 aliphatic rings. The van der Waals surface area contributed by atoms with Gasteiger partial charge in [-0.15, -0.1) is 0 Å². The van der Waals surface area contributed by atoms with Gasteiger partial charge in [0.05, 0.1) is 0 Å². The largest absolute Gasteiger partial charge is 2.00 e. The second-order valence-electron chi connectivity index (χ2n) is 7.45. The average Bonchev–Trinajstić information content (AvgIpc) is 3.01. The molecule has 0 fully saturated rings. The Bertz CT molecular complexity index is 1100. The summed E-state index contributed by atoms with van der Waals surface area (Å²) < 4.78 is 0. The average molecular weight is 524 g/mol. The van der Waals surface area contributed by atoms with Gasteiger partial charge in [-0.05, 0) is 36.4 Å². The fourth-order valence-corrected chi connectivity index (χ4v) is 3.20. The molecule has 7 heteroatoms. The van der Waals surface area contributed by atoms with Crippen molar-refractivity contribution < 1.29 is 17.1 Å². The van der Waals surface area contributed by atoms with Crippen LogP contribution in [0.2, 0.25) is 0 Å². The molecule has 0 aromatic carbocycles. The summed E-state index contributed by atoms with van der Waals surface area (Å²) in [4.78, 5) is 24.2. The number of nitrogens with zero attached hydrogens (tertiary/aromatic N) is 6. The van der Waals surface area contributed by atoms with Crippen LogP contribution in [0.1, 0.15) is 0 Å². The van der Waals surface area contributed by atoms with Crippen molar-refractivity contribution in [2.24, 2.45) is 0 Å². The van der Waals surface area contributed by atoms with Crippen LogP contribution < -0.4 is 0 Å². The summed E-state index contributed by atoms with van der Waals surface area (Å²) in [7, 11) is 0. The van der Waals surface area contributed by atoms with Crippen molar-refractivity contribution in [2.75, 3.05) is 0 Å². The molecule has 0 N–H and O–H groups in total. The van der Waals surface area contributed by atoms with E-state index in [1.807, 2.05) is 110 Å². The minimum atomic E-state index is 0. The van der Waals surface area contributed by atoms with Crippen LogP contribution in [0.25, 0.3) is 33.4 Å². The van der Waals surface area contributed by atoms with E-state index in [1.54, 1.807) is 37.2 Å². The molecule has 6 rings (SSSR count). The van der Waals surface area contributed by atoms with Crippen molar-refractivity contribution in [1.82, 2.24) is 29.9 Å².